The summed E-state index contributed by atoms with van der Waals surface area (Å²) in [6, 6.07) is 6.67. The number of hydrogen-bond acceptors (Lipinski definition) is 4. The van der Waals surface area contributed by atoms with Crippen LogP contribution < -0.4 is 5.73 Å². The third kappa shape index (κ3) is 3.38. The molecule has 20 heavy (non-hydrogen) atoms. The smallest absolute Gasteiger partial charge is 0.243 e. The highest BCUT2D eigenvalue weighted by Gasteiger charge is 2.31. The number of rotatable bonds is 3. The Morgan fingerprint density at radius 1 is 1.25 bits per heavy atom. The van der Waals surface area contributed by atoms with Gasteiger partial charge in [0.2, 0.25) is 10.0 Å². The van der Waals surface area contributed by atoms with Crippen LogP contribution >= 0.6 is 0 Å². The van der Waals surface area contributed by atoms with Crippen molar-refractivity contribution in [2.45, 2.75) is 43.2 Å². The van der Waals surface area contributed by atoms with E-state index in [0.717, 1.165) is 5.56 Å². The zero-order valence-corrected chi connectivity index (χ0v) is 12.6. The third-order valence-corrected chi connectivity index (χ3v) is 5.73. The van der Waals surface area contributed by atoms with Gasteiger partial charge in [-0.3, -0.25) is 0 Å². The fraction of sp³-hybridized carbons (Fsp3) is 0.571. The Balaban J connectivity index is 2.20. The molecule has 6 heteroatoms. The molecular formula is C14H22N2O3S. The largest absolute Gasteiger partial charge is 0.390 e. The van der Waals surface area contributed by atoms with Crippen molar-refractivity contribution in [2.24, 2.45) is 5.73 Å². The molecule has 1 unspecified atom stereocenters. The molecule has 1 heterocycles. The minimum atomic E-state index is -3.48. The Labute approximate surface area is 120 Å². The van der Waals surface area contributed by atoms with Crippen LogP contribution in [0.5, 0.6) is 0 Å². The Hall–Kier alpha value is -0.950. The van der Waals surface area contributed by atoms with Gasteiger partial charge in [-0.15, -0.1) is 0 Å². The van der Waals surface area contributed by atoms with E-state index in [9.17, 15) is 13.5 Å². The van der Waals surface area contributed by atoms with E-state index >= 15 is 0 Å². The van der Waals surface area contributed by atoms with Crippen LogP contribution in [0.3, 0.4) is 0 Å². The van der Waals surface area contributed by atoms with E-state index < -0.39 is 15.6 Å². The Bertz CT molecular complexity index is 552. The lowest BCUT2D eigenvalue weighted by Gasteiger charge is -2.22. The van der Waals surface area contributed by atoms with Crippen LogP contribution in [0.1, 0.15) is 31.7 Å². The van der Waals surface area contributed by atoms with E-state index in [-0.39, 0.29) is 4.90 Å². The molecule has 0 saturated carbocycles. The monoisotopic (exact) mass is 298 g/mol. The van der Waals surface area contributed by atoms with E-state index in [4.69, 9.17) is 5.73 Å². The number of benzene rings is 1. The highest BCUT2D eigenvalue weighted by Crippen LogP contribution is 2.25. The SMILES string of the molecule is CC1(O)CCCN(S(=O)(=O)c2ccc(CN)cc2)CC1. The lowest BCUT2D eigenvalue weighted by atomic mass is 9.98. The first-order chi connectivity index (χ1) is 9.35. The average molecular weight is 298 g/mol. The van der Waals surface area contributed by atoms with Gasteiger partial charge in [0.1, 0.15) is 0 Å². The van der Waals surface area contributed by atoms with Gasteiger partial charge in [0, 0.05) is 19.6 Å². The number of hydrogen-bond donors (Lipinski definition) is 2. The number of sulfonamides is 1. The molecule has 0 amide bonds. The maximum absolute atomic E-state index is 12.6. The molecule has 1 aliphatic heterocycles. The molecular weight excluding hydrogens is 276 g/mol. The normalized spacial score (nSPS) is 25.4. The quantitative estimate of drug-likeness (QED) is 0.874. The van der Waals surface area contributed by atoms with Gasteiger partial charge < -0.3 is 10.8 Å². The average Bonchev–Trinajstić information content (AvgIpc) is 2.60. The fourth-order valence-electron chi connectivity index (χ4n) is 2.43. The van der Waals surface area contributed by atoms with Gasteiger partial charge in [0.25, 0.3) is 0 Å². The van der Waals surface area contributed by atoms with Crippen LogP contribution in [0.2, 0.25) is 0 Å². The van der Waals surface area contributed by atoms with E-state index in [0.29, 0.717) is 38.9 Å². The highest BCUT2D eigenvalue weighted by atomic mass is 32.2. The van der Waals surface area contributed by atoms with E-state index in [2.05, 4.69) is 0 Å². The second kappa shape index (κ2) is 5.81. The van der Waals surface area contributed by atoms with Crippen LogP contribution in [-0.4, -0.2) is 36.5 Å². The van der Waals surface area contributed by atoms with Crippen LogP contribution in [0, 0.1) is 0 Å². The van der Waals surface area contributed by atoms with Crippen LogP contribution in [-0.2, 0) is 16.6 Å². The van der Waals surface area contributed by atoms with Crippen molar-refractivity contribution in [3.05, 3.63) is 29.8 Å². The summed E-state index contributed by atoms with van der Waals surface area (Å²) in [6.07, 6.45) is 1.77. The molecule has 1 saturated heterocycles. The van der Waals surface area contributed by atoms with E-state index in [1.165, 1.54) is 4.31 Å². The summed E-state index contributed by atoms with van der Waals surface area (Å²) in [7, 11) is -3.48. The molecule has 1 aliphatic rings. The first kappa shape index (κ1) is 15.4. The summed E-state index contributed by atoms with van der Waals surface area (Å²) in [4.78, 5) is 0.288. The molecule has 1 atom stereocenters. The lowest BCUT2D eigenvalue weighted by Crippen LogP contribution is -2.33. The molecule has 0 radical (unpaired) electrons. The Morgan fingerprint density at radius 2 is 1.90 bits per heavy atom. The van der Waals surface area contributed by atoms with Gasteiger partial charge in [0.15, 0.2) is 0 Å². The van der Waals surface area contributed by atoms with Crippen LogP contribution in [0.25, 0.3) is 0 Å². The van der Waals surface area contributed by atoms with Crippen molar-refractivity contribution in [1.29, 1.82) is 0 Å². The Morgan fingerprint density at radius 3 is 2.50 bits per heavy atom. The molecule has 1 fully saturated rings. The van der Waals surface area contributed by atoms with Gasteiger partial charge in [-0.25, -0.2) is 8.42 Å². The first-order valence-corrected chi connectivity index (χ1v) is 8.31. The number of nitrogens with zero attached hydrogens (tertiary/aromatic N) is 1. The topological polar surface area (TPSA) is 83.6 Å². The maximum atomic E-state index is 12.6. The molecule has 0 spiro atoms. The van der Waals surface area contributed by atoms with Gasteiger partial charge in [-0.05, 0) is 43.9 Å². The summed E-state index contributed by atoms with van der Waals surface area (Å²) in [5.74, 6) is 0. The van der Waals surface area contributed by atoms with Crippen molar-refractivity contribution in [3.63, 3.8) is 0 Å². The molecule has 3 N–H and O–H groups in total. The predicted molar refractivity (Wildman–Crippen MR) is 77.6 cm³/mol. The van der Waals surface area contributed by atoms with Crippen molar-refractivity contribution in [3.8, 4) is 0 Å². The second-order valence-corrected chi connectivity index (χ2v) is 7.54. The van der Waals surface area contributed by atoms with Crippen LogP contribution in [0.15, 0.2) is 29.2 Å². The molecule has 1 aromatic rings. The van der Waals surface area contributed by atoms with Crippen LogP contribution in [0.4, 0.5) is 0 Å². The highest BCUT2D eigenvalue weighted by molar-refractivity contribution is 7.89. The second-order valence-electron chi connectivity index (χ2n) is 5.60. The summed E-state index contributed by atoms with van der Waals surface area (Å²) in [6.45, 7) is 2.97. The minimum absolute atomic E-state index is 0.288. The standard InChI is InChI=1S/C14H22N2O3S/c1-14(17)7-2-9-16(10-8-14)20(18,19)13-5-3-12(11-15)4-6-13/h3-6,17H,2,7-11,15H2,1H3. The molecule has 0 bridgehead atoms. The summed E-state index contributed by atoms with van der Waals surface area (Å²) in [5.41, 5.74) is 5.65. The summed E-state index contributed by atoms with van der Waals surface area (Å²) >= 11 is 0. The molecule has 112 valence electrons. The zero-order chi connectivity index (χ0) is 14.8. The lowest BCUT2D eigenvalue weighted by molar-refractivity contribution is 0.0465. The molecule has 5 nitrogen and oxygen atoms in total. The maximum Gasteiger partial charge on any atom is 0.243 e. The minimum Gasteiger partial charge on any atom is -0.390 e. The van der Waals surface area contributed by atoms with E-state index in [1.54, 1.807) is 31.2 Å². The molecule has 0 aliphatic carbocycles. The molecule has 0 aromatic heterocycles. The van der Waals surface area contributed by atoms with Crippen molar-refractivity contribution in [1.82, 2.24) is 4.31 Å². The van der Waals surface area contributed by atoms with Gasteiger partial charge in [-0.1, -0.05) is 12.1 Å². The summed E-state index contributed by atoms with van der Waals surface area (Å²) in [5, 5.41) is 10.0. The molecule has 1 aromatic carbocycles. The third-order valence-electron chi connectivity index (χ3n) is 3.82. The number of nitrogens with two attached hydrogens (primary N) is 1. The van der Waals surface area contributed by atoms with Crippen molar-refractivity contribution >= 4 is 10.0 Å². The summed E-state index contributed by atoms with van der Waals surface area (Å²) < 4.78 is 26.6. The number of aliphatic hydroxyl groups is 1. The van der Waals surface area contributed by atoms with Gasteiger partial charge in [-0.2, -0.15) is 4.31 Å². The van der Waals surface area contributed by atoms with Gasteiger partial charge in [0.05, 0.1) is 10.5 Å². The fourth-order valence-corrected chi connectivity index (χ4v) is 3.90. The van der Waals surface area contributed by atoms with Crippen molar-refractivity contribution < 1.29 is 13.5 Å². The Kier molecular flexibility index (Phi) is 4.49. The van der Waals surface area contributed by atoms with Crippen molar-refractivity contribution in [2.75, 3.05) is 13.1 Å². The van der Waals surface area contributed by atoms with Gasteiger partial charge >= 0.3 is 0 Å². The predicted octanol–water partition coefficient (Wildman–Crippen LogP) is 1.07. The molecule has 2 rings (SSSR count). The van der Waals surface area contributed by atoms with E-state index in [1.807, 2.05) is 0 Å². The first-order valence-electron chi connectivity index (χ1n) is 6.87. The zero-order valence-electron chi connectivity index (χ0n) is 11.7.